The van der Waals surface area contributed by atoms with Gasteiger partial charge in [-0.25, -0.2) is 0 Å². The Kier molecular flexibility index (Phi) is 8.19. The molecule has 0 bridgehead atoms. The maximum atomic E-state index is 10.1. The second kappa shape index (κ2) is 8.57. The monoisotopic (exact) mass is 172 g/mol. The molecule has 0 heterocycles. The molecule has 12 heavy (non-hydrogen) atoms. The van der Waals surface area contributed by atoms with E-state index in [0.29, 0.717) is 6.47 Å². The van der Waals surface area contributed by atoms with Crippen molar-refractivity contribution in [1.29, 1.82) is 0 Å². The van der Waals surface area contributed by atoms with Gasteiger partial charge in [-0.05, 0) is 19.3 Å². The molecule has 0 unspecified atom stereocenters. The van der Waals surface area contributed by atoms with Crippen molar-refractivity contribution in [3.05, 3.63) is 0 Å². The molecule has 0 aromatic carbocycles. The van der Waals surface area contributed by atoms with Crippen LogP contribution in [0.4, 0.5) is 0 Å². The zero-order valence-electron chi connectivity index (χ0n) is 8.21. The third-order valence-electron chi connectivity index (χ3n) is 1.99. The van der Waals surface area contributed by atoms with Crippen molar-refractivity contribution in [2.75, 3.05) is 0 Å². The van der Waals surface area contributed by atoms with Crippen molar-refractivity contribution in [2.24, 2.45) is 0 Å². The van der Waals surface area contributed by atoms with E-state index in [1.807, 2.05) is 0 Å². The topological polar surface area (TPSA) is 26.3 Å². The SMILES string of the molecule is CCCCC[C@H](CCC)OC=O. The highest BCUT2D eigenvalue weighted by Crippen LogP contribution is 2.10. The van der Waals surface area contributed by atoms with Crippen molar-refractivity contribution >= 4 is 6.47 Å². The number of hydrogen-bond acceptors (Lipinski definition) is 2. The summed E-state index contributed by atoms with van der Waals surface area (Å²) >= 11 is 0. The molecule has 0 aliphatic heterocycles. The van der Waals surface area contributed by atoms with E-state index in [-0.39, 0.29) is 6.10 Å². The van der Waals surface area contributed by atoms with Gasteiger partial charge in [0.05, 0.1) is 0 Å². The number of ether oxygens (including phenoxy) is 1. The van der Waals surface area contributed by atoms with Gasteiger partial charge in [-0.15, -0.1) is 0 Å². The second-order valence-corrected chi connectivity index (χ2v) is 3.14. The molecule has 0 aliphatic rings. The number of carbonyl (C=O) groups is 1. The highest BCUT2D eigenvalue weighted by molar-refractivity contribution is 5.37. The van der Waals surface area contributed by atoms with E-state index in [4.69, 9.17) is 4.74 Å². The van der Waals surface area contributed by atoms with Gasteiger partial charge in [0, 0.05) is 0 Å². The summed E-state index contributed by atoms with van der Waals surface area (Å²) in [5.41, 5.74) is 0. The summed E-state index contributed by atoms with van der Waals surface area (Å²) in [4.78, 5) is 10.1. The predicted molar refractivity (Wildman–Crippen MR) is 50.0 cm³/mol. The molecule has 0 aromatic heterocycles. The van der Waals surface area contributed by atoms with E-state index in [2.05, 4.69) is 13.8 Å². The van der Waals surface area contributed by atoms with Crippen LogP contribution in [0.2, 0.25) is 0 Å². The smallest absolute Gasteiger partial charge is 0.293 e. The van der Waals surface area contributed by atoms with Crippen LogP contribution in [0.1, 0.15) is 52.4 Å². The van der Waals surface area contributed by atoms with Crippen LogP contribution in [0.15, 0.2) is 0 Å². The van der Waals surface area contributed by atoms with Crippen molar-refractivity contribution < 1.29 is 9.53 Å². The van der Waals surface area contributed by atoms with Crippen molar-refractivity contribution in [1.82, 2.24) is 0 Å². The molecule has 0 amide bonds. The summed E-state index contributed by atoms with van der Waals surface area (Å²) in [6.45, 7) is 4.86. The number of carbonyl (C=O) groups excluding carboxylic acids is 1. The summed E-state index contributed by atoms with van der Waals surface area (Å²) in [7, 11) is 0. The third kappa shape index (κ3) is 6.20. The Balaban J connectivity index is 3.40. The van der Waals surface area contributed by atoms with Gasteiger partial charge >= 0.3 is 0 Å². The summed E-state index contributed by atoms with van der Waals surface area (Å²) in [5.74, 6) is 0. The standard InChI is InChI=1S/C10H20O2/c1-3-5-6-8-10(7-4-2)12-9-11/h9-10H,3-8H2,1-2H3/t10-/m0/s1. The molecule has 2 heteroatoms. The van der Waals surface area contributed by atoms with Crippen LogP contribution in [0.3, 0.4) is 0 Å². The van der Waals surface area contributed by atoms with Crippen LogP contribution in [0.5, 0.6) is 0 Å². The maximum absolute atomic E-state index is 10.1. The van der Waals surface area contributed by atoms with Crippen LogP contribution in [0.25, 0.3) is 0 Å². The normalized spacial score (nSPS) is 12.5. The number of rotatable bonds is 8. The molecule has 0 N–H and O–H groups in total. The maximum Gasteiger partial charge on any atom is 0.293 e. The van der Waals surface area contributed by atoms with Gasteiger partial charge in [0.15, 0.2) is 0 Å². The average molecular weight is 172 g/mol. The number of unbranched alkanes of at least 4 members (excludes halogenated alkanes) is 2. The zero-order chi connectivity index (χ0) is 9.23. The average Bonchev–Trinajstić information content (AvgIpc) is 2.06. The summed E-state index contributed by atoms with van der Waals surface area (Å²) < 4.78 is 4.95. The largest absolute Gasteiger partial charge is 0.465 e. The first kappa shape index (κ1) is 11.5. The van der Waals surface area contributed by atoms with E-state index < -0.39 is 0 Å². The Hall–Kier alpha value is -0.530. The van der Waals surface area contributed by atoms with Crippen molar-refractivity contribution in [3.8, 4) is 0 Å². The Morgan fingerprint density at radius 2 is 1.92 bits per heavy atom. The first-order valence-electron chi connectivity index (χ1n) is 4.94. The molecule has 0 aromatic rings. The Bertz CT molecular complexity index is 102. The molecule has 0 radical (unpaired) electrons. The highest BCUT2D eigenvalue weighted by atomic mass is 16.5. The lowest BCUT2D eigenvalue weighted by molar-refractivity contribution is -0.134. The fourth-order valence-electron chi connectivity index (χ4n) is 1.30. The summed E-state index contributed by atoms with van der Waals surface area (Å²) in [6, 6.07) is 0. The van der Waals surface area contributed by atoms with Crippen LogP contribution in [0, 0.1) is 0 Å². The Morgan fingerprint density at radius 3 is 2.42 bits per heavy atom. The minimum Gasteiger partial charge on any atom is -0.465 e. The molecular weight excluding hydrogens is 152 g/mol. The van der Waals surface area contributed by atoms with E-state index >= 15 is 0 Å². The molecular formula is C10H20O2. The zero-order valence-corrected chi connectivity index (χ0v) is 8.21. The minimum absolute atomic E-state index is 0.166. The van der Waals surface area contributed by atoms with Gasteiger partial charge in [-0.1, -0.05) is 33.1 Å². The Labute approximate surface area is 75.3 Å². The molecule has 0 spiro atoms. The first-order valence-corrected chi connectivity index (χ1v) is 4.94. The van der Waals surface area contributed by atoms with Crippen molar-refractivity contribution in [3.63, 3.8) is 0 Å². The van der Waals surface area contributed by atoms with E-state index in [1.165, 1.54) is 19.3 Å². The van der Waals surface area contributed by atoms with E-state index in [0.717, 1.165) is 19.3 Å². The van der Waals surface area contributed by atoms with Crippen LogP contribution < -0.4 is 0 Å². The Morgan fingerprint density at radius 1 is 1.17 bits per heavy atom. The van der Waals surface area contributed by atoms with E-state index in [1.54, 1.807) is 0 Å². The van der Waals surface area contributed by atoms with Gasteiger partial charge in [0.25, 0.3) is 6.47 Å². The van der Waals surface area contributed by atoms with Crippen LogP contribution in [-0.4, -0.2) is 12.6 Å². The molecule has 72 valence electrons. The fraction of sp³-hybridized carbons (Fsp3) is 0.900. The lowest BCUT2D eigenvalue weighted by atomic mass is 10.1. The van der Waals surface area contributed by atoms with Gasteiger partial charge in [-0.2, -0.15) is 0 Å². The highest BCUT2D eigenvalue weighted by Gasteiger charge is 2.06. The minimum atomic E-state index is 0.166. The first-order chi connectivity index (χ1) is 5.85. The molecule has 2 nitrogen and oxygen atoms in total. The molecule has 0 saturated heterocycles. The van der Waals surface area contributed by atoms with Gasteiger partial charge in [0.2, 0.25) is 0 Å². The molecule has 0 aliphatic carbocycles. The van der Waals surface area contributed by atoms with Gasteiger partial charge < -0.3 is 4.74 Å². The van der Waals surface area contributed by atoms with E-state index in [9.17, 15) is 4.79 Å². The van der Waals surface area contributed by atoms with Crippen molar-refractivity contribution in [2.45, 2.75) is 58.5 Å². The molecule has 0 fully saturated rings. The molecule has 1 atom stereocenters. The second-order valence-electron chi connectivity index (χ2n) is 3.14. The number of hydrogen-bond donors (Lipinski definition) is 0. The quantitative estimate of drug-likeness (QED) is 0.415. The summed E-state index contributed by atoms with van der Waals surface area (Å²) in [6.07, 6.45) is 6.92. The lowest BCUT2D eigenvalue weighted by Crippen LogP contribution is -2.11. The van der Waals surface area contributed by atoms with Gasteiger partial charge in [0.1, 0.15) is 6.10 Å². The third-order valence-corrected chi connectivity index (χ3v) is 1.99. The van der Waals surface area contributed by atoms with Crippen LogP contribution >= 0.6 is 0 Å². The summed E-state index contributed by atoms with van der Waals surface area (Å²) in [5, 5.41) is 0. The lowest BCUT2D eigenvalue weighted by Gasteiger charge is -2.13. The fourth-order valence-corrected chi connectivity index (χ4v) is 1.30. The predicted octanol–water partition coefficient (Wildman–Crippen LogP) is 2.91. The van der Waals surface area contributed by atoms with Crippen LogP contribution in [-0.2, 0) is 9.53 Å². The molecule has 0 rings (SSSR count). The van der Waals surface area contributed by atoms with Gasteiger partial charge in [-0.3, -0.25) is 4.79 Å². The molecule has 0 saturated carbocycles.